The molecule has 15 nitrogen and oxygen atoms in total. The zero-order valence-electron chi connectivity index (χ0n) is 21.9. The maximum absolute atomic E-state index is 12.0. The van der Waals surface area contributed by atoms with Gasteiger partial charge in [0.25, 0.3) is 21.9 Å². The van der Waals surface area contributed by atoms with Crippen LogP contribution in [0.15, 0.2) is 0 Å². The quantitative estimate of drug-likeness (QED) is 0.0405. The van der Waals surface area contributed by atoms with Crippen molar-refractivity contribution in [3.63, 3.8) is 0 Å². The summed E-state index contributed by atoms with van der Waals surface area (Å²) in [6.07, 6.45) is 2.04. The number of hydrogen-bond donors (Lipinski definition) is 4. The van der Waals surface area contributed by atoms with Crippen LogP contribution in [0.5, 0.6) is 0 Å². The summed E-state index contributed by atoms with van der Waals surface area (Å²) in [7, 11) is -2.25. The van der Waals surface area contributed by atoms with Crippen molar-refractivity contribution in [2.45, 2.75) is 67.5 Å². The smallest absolute Gasteiger partial charge is 0.334 e. The van der Waals surface area contributed by atoms with Crippen molar-refractivity contribution in [2.75, 3.05) is 30.4 Å². The van der Waals surface area contributed by atoms with Crippen LogP contribution in [0.1, 0.15) is 44.9 Å². The van der Waals surface area contributed by atoms with Gasteiger partial charge >= 0.3 is 18.0 Å². The Morgan fingerprint density at radius 3 is 2.44 bits per heavy atom. The third-order valence-electron chi connectivity index (χ3n) is 6.25. The third-order valence-corrected chi connectivity index (χ3v) is 11.2. The molecule has 41 heavy (non-hydrogen) atoms. The Morgan fingerprint density at radius 2 is 1.76 bits per heavy atom. The molecule has 0 aromatic carbocycles. The molecule has 1 unspecified atom stereocenters. The summed E-state index contributed by atoms with van der Waals surface area (Å²) in [5.41, 5.74) is 0. The molecule has 230 valence electrons. The zero-order valence-corrected chi connectivity index (χ0v) is 25.2. The summed E-state index contributed by atoms with van der Waals surface area (Å²) < 4.78 is 36.2. The van der Waals surface area contributed by atoms with Gasteiger partial charge in [0.15, 0.2) is 5.25 Å². The van der Waals surface area contributed by atoms with Gasteiger partial charge in [-0.25, -0.2) is 9.59 Å². The highest BCUT2D eigenvalue weighted by Crippen LogP contribution is 2.33. The van der Waals surface area contributed by atoms with E-state index in [1.54, 1.807) is 0 Å². The summed E-state index contributed by atoms with van der Waals surface area (Å²) >= 11 is 1.84. The van der Waals surface area contributed by atoms with Crippen molar-refractivity contribution in [2.24, 2.45) is 0 Å². The monoisotopic (exact) mass is 656 g/mol. The van der Waals surface area contributed by atoms with Crippen molar-refractivity contribution in [1.82, 2.24) is 21.0 Å². The number of ether oxygens (including phenoxy) is 1. The molecule has 0 aromatic heterocycles. The number of nitrogens with zero attached hydrogens (tertiary/aromatic N) is 1. The van der Waals surface area contributed by atoms with Gasteiger partial charge in [0.2, 0.25) is 5.91 Å². The number of esters is 1. The highest BCUT2D eigenvalue weighted by molar-refractivity contribution is 8.76. The van der Waals surface area contributed by atoms with Gasteiger partial charge < -0.3 is 25.5 Å². The predicted octanol–water partition coefficient (Wildman–Crippen LogP) is 0.00670. The van der Waals surface area contributed by atoms with Crippen LogP contribution in [-0.4, -0.2) is 107 Å². The van der Waals surface area contributed by atoms with Crippen LogP contribution in [0.3, 0.4) is 0 Å². The third kappa shape index (κ3) is 10.5. The Morgan fingerprint density at radius 1 is 1.05 bits per heavy atom. The minimum Gasteiger partial charge on any atom is -0.464 e. The van der Waals surface area contributed by atoms with Gasteiger partial charge in [0, 0.05) is 28.9 Å². The van der Waals surface area contributed by atoms with Gasteiger partial charge in [-0.2, -0.15) is 20.2 Å². The first-order valence-corrected chi connectivity index (χ1v) is 17.9. The average Bonchev–Trinajstić information content (AvgIpc) is 3.54. The van der Waals surface area contributed by atoms with E-state index in [0.29, 0.717) is 17.4 Å². The normalized spacial score (nSPS) is 23.6. The molecule has 3 aliphatic rings. The molecule has 3 rings (SSSR count). The maximum atomic E-state index is 12.0. The zero-order chi connectivity index (χ0) is 30.0. The number of unbranched alkanes of at least 4 members (excludes halogenated alkanes) is 1. The van der Waals surface area contributed by atoms with Gasteiger partial charge in [-0.1, -0.05) is 28.0 Å². The molecule has 4 atom stereocenters. The lowest BCUT2D eigenvalue weighted by atomic mass is 10.0. The van der Waals surface area contributed by atoms with E-state index in [9.17, 15) is 37.2 Å². The van der Waals surface area contributed by atoms with E-state index >= 15 is 0 Å². The number of fused-ring (bicyclic) bond motifs is 1. The van der Waals surface area contributed by atoms with E-state index in [0.717, 1.165) is 25.0 Å². The van der Waals surface area contributed by atoms with Gasteiger partial charge in [0.05, 0.1) is 37.9 Å². The molecule has 3 fully saturated rings. The number of thioether (sulfide) groups is 1. The number of carbonyl (C=O) groups excluding carboxylic acids is 6. The first kappa shape index (κ1) is 33.3. The van der Waals surface area contributed by atoms with Gasteiger partial charge in [-0.05, 0) is 12.8 Å². The topological polar surface area (TPSA) is 215 Å². The van der Waals surface area contributed by atoms with E-state index in [1.165, 1.54) is 21.6 Å². The second-order valence-corrected chi connectivity index (χ2v) is 14.9. The SMILES string of the molecule is O=C(CCCC[C@@H]1SC[C@@H]2NC(=O)N[C@H]21)NCCOC(=O)CCSSCCC(=O)ON1C(=O)CC(S(=O)(=O)O)C1=O. The van der Waals surface area contributed by atoms with Crippen LogP contribution in [0.4, 0.5) is 4.79 Å². The van der Waals surface area contributed by atoms with Crippen LogP contribution < -0.4 is 16.0 Å². The number of nitrogens with one attached hydrogen (secondary N) is 3. The van der Waals surface area contributed by atoms with Crippen molar-refractivity contribution in [1.29, 1.82) is 0 Å². The van der Waals surface area contributed by atoms with Gasteiger partial charge in [-0.15, -0.1) is 5.06 Å². The van der Waals surface area contributed by atoms with Gasteiger partial charge in [0.1, 0.15) is 6.61 Å². The summed E-state index contributed by atoms with van der Waals surface area (Å²) in [5.74, 6) is -2.32. The van der Waals surface area contributed by atoms with E-state index in [1.807, 2.05) is 11.8 Å². The number of carbonyl (C=O) groups is 6. The lowest BCUT2D eigenvalue weighted by Gasteiger charge is -2.16. The summed E-state index contributed by atoms with van der Waals surface area (Å²) in [5, 5.41) is 7.00. The highest BCUT2D eigenvalue weighted by Gasteiger charge is 2.48. The number of amides is 5. The average molecular weight is 657 g/mol. The molecule has 0 saturated carbocycles. The fourth-order valence-electron chi connectivity index (χ4n) is 4.22. The van der Waals surface area contributed by atoms with Gasteiger partial charge in [-0.3, -0.25) is 23.7 Å². The van der Waals surface area contributed by atoms with Crippen molar-refractivity contribution in [3.8, 4) is 0 Å². The van der Waals surface area contributed by atoms with E-state index in [2.05, 4.69) is 20.8 Å². The maximum Gasteiger partial charge on any atom is 0.334 e. The minimum absolute atomic E-state index is 0.0507. The molecule has 3 heterocycles. The van der Waals surface area contributed by atoms with Crippen LogP contribution in [0.25, 0.3) is 0 Å². The Labute approximate surface area is 248 Å². The standard InChI is InChI=1S/C22H32N4O11S4/c27-16(4-2-1-3-14-20-13(12-38-14)24-22(32)25-20)23-7-8-36-18(29)5-9-39-40-10-6-19(30)37-26-17(28)11-15(21(26)31)41(33,34)35/h13-15,20H,1-12H2,(H,23,27)(H2,24,25,32)(H,33,34,35)/t13-,14-,15?,20+/m0/s1. The number of urea groups is 1. The Kier molecular flexibility index (Phi) is 12.9. The van der Waals surface area contributed by atoms with E-state index in [-0.39, 0.29) is 60.8 Å². The summed E-state index contributed by atoms with van der Waals surface area (Å²) in [6, 6.07) is 0.237. The summed E-state index contributed by atoms with van der Waals surface area (Å²) in [4.78, 5) is 75.2. The Bertz CT molecular complexity index is 1120. The molecule has 4 N–H and O–H groups in total. The molecule has 0 radical (unpaired) electrons. The largest absolute Gasteiger partial charge is 0.464 e. The fraction of sp³-hybridized carbons (Fsp3) is 0.727. The number of hydroxylamine groups is 2. The van der Waals surface area contributed by atoms with E-state index < -0.39 is 45.5 Å². The molecule has 0 aliphatic carbocycles. The van der Waals surface area contributed by atoms with Crippen LogP contribution >= 0.6 is 33.3 Å². The lowest BCUT2D eigenvalue weighted by Crippen LogP contribution is -2.36. The molecule has 3 saturated heterocycles. The van der Waals surface area contributed by atoms with Crippen LogP contribution in [-0.2, 0) is 43.7 Å². The van der Waals surface area contributed by atoms with Crippen LogP contribution in [0.2, 0.25) is 0 Å². The van der Waals surface area contributed by atoms with Crippen molar-refractivity contribution < 1.29 is 51.3 Å². The van der Waals surface area contributed by atoms with Crippen molar-refractivity contribution in [3.05, 3.63) is 0 Å². The van der Waals surface area contributed by atoms with Crippen LogP contribution in [0, 0.1) is 0 Å². The molecule has 5 amide bonds. The highest BCUT2D eigenvalue weighted by atomic mass is 33.1. The molecule has 0 aromatic rings. The van der Waals surface area contributed by atoms with E-state index in [4.69, 9.17) is 9.29 Å². The second kappa shape index (κ2) is 15.9. The summed E-state index contributed by atoms with van der Waals surface area (Å²) in [6.45, 7) is 0.261. The first-order chi connectivity index (χ1) is 19.5. The fourth-order valence-corrected chi connectivity index (χ4v) is 8.41. The Hall–Kier alpha value is -2.22. The van der Waals surface area contributed by atoms with Crippen molar-refractivity contribution >= 4 is 79.2 Å². The predicted molar refractivity (Wildman–Crippen MR) is 150 cm³/mol. The molecular weight excluding hydrogens is 625 g/mol. The minimum atomic E-state index is -4.79. The molecule has 0 bridgehead atoms. The Balaban J connectivity index is 1.13. The molecule has 0 spiro atoms. The molecule has 3 aliphatic heterocycles. The molecular formula is C22H32N4O11S4. The second-order valence-electron chi connectivity index (χ2n) is 9.28. The first-order valence-electron chi connectivity index (χ1n) is 12.8. The molecule has 19 heteroatoms. The number of imide groups is 1. The number of rotatable bonds is 17. The lowest BCUT2D eigenvalue weighted by molar-refractivity contribution is -0.197. The number of hydrogen-bond acceptors (Lipinski definition) is 13.